The molecule has 6 nitrogen and oxygen atoms in total. The van der Waals surface area contributed by atoms with Gasteiger partial charge in [0, 0.05) is 19.3 Å². The van der Waals surface area contributed by atoms with Crippen LogP contribution in [0.3, 0.4) is 0 Å². The molecule has 0 saturated carbocycles. The highest BCUT2D eigenvalue weighted by molar-refractivity contribution is 5.82. The lowest BCUT2D eigenvalue weighted by Crippen LogP contribution is -2.25. The molecule has 1 atom stereocenters. The van der Waals surface area contributed by atoms with Gasteiger partial charge in [-0.1, -0.05) is 18.2 Å². The smallest absolute Gasteiger partial charge is 0.312 e. The molecule has 1 aromatic carbocycles. The van der Waals surface area contributed by atoms with Crippen LogP contribution in [0.2, 0.25) is 0 Å². The number of aliphatic carboxylic acids is 1. The Balaban J connectivity index is 1.92. The predicted octanol–water partition coefficient (Wildman–Crippen LogP) is 1.31. The van der Waals surface area contributed by atoms with Crippen molar-refractivity contribution in [3.63, 3.8) is 0 Å². The molecule has 1 aromatic heterocycles. The van der Waals surface area contributed by atoms with Gasteiger partial charge in [-0.05, 0) is 18.6 Å². The van der Waals surface area contributed by atoms with Gasteiger partial charge in [0.05, 0.1) is 6.54 Å². The molecule has 104 valence electrons. The van der Waals surface area contributed by atoms with Crippen molar-refractivity contribution in [1.29, 1.82) is 0 Å². The summed E-state index contributed by atoms with van der Waals surface area (Å²) in [6.07, 6.45) is 0. The summed E-state index contributed by atoms with van der Waals surface area (Å²) in [5, 5.41) is 17.5. The van der Waals surface area contributed by atoms with Crippen LogP contribution in [0.25, 0.3) is 0 Å². The average molecular weight is 272 g/mol. The van der Waals surface area contributed by atoms with Gasteiger partial charge in [0.15, 0.2) is 5.82 Å². The van der Waals surface area contributed by atoms with Crippen molar-refractivity contribution in [3.8, 4) is 0 Å². The van der Waals surface area contributed by atoms with Crippen molar-refractivity contribution >= 4 is 11.7 Å². The zero-order chi connectivity index (χ0) is 14.3. The summed E-state index contributed by atoms with van der Waals surface area (Å²) in [5.41, 5.74) is 1.85. The van der Waals surface area contributed by atoms with Crippen LogP contribution in [0, 0.1) is 6.92 Å². The van der Waals surface area contributed by atoms with Crippen LogP contribution in [0.15, 0.2) is 24.3 Å². The van der Waals surface area contributed by atoms with Gasteiger partial charge >= 0.3 is 5.97 Å². The first-order chi connectivity index (χ1) is 9.58. The van der Waals surface area contributed by atoms with E-state index < -0.39 is 11.9 Å². The Morgan fingerprint density at radius 2 is 2.15 bits per heavy atom. The minimum absolute atomic E-state index is 0.472. The maximum absolute atomic E-state index is 11.4. The van der Waals surface area contributed by atoms with Crippen LogP contribution in [0.4, 0.5) is 5.69 Å². The third kappa shape index (κ3) is 1.93. The minimum atomic E-state index is -0.783. The number of fused-ring (bicyclic) bond motifs is 1. The fourth-order valence-corrected chi connectivity index (χ4v) is 2.61. The maximum Gasteiger partial charge on any atom is 0.312 e. The molecule has 0 radical (unpaired) electrons. The molecule has 3 rings (SSSR count). The van der Waals surface area contributed by atoms with Gasteiger partial charge in [-0.15, -0.1) is 10.2 Å². The Kier molecular flexibility index (Phi) is 2.93. The largest absolute Gasteiger partial charge is 0.481 e. The molecule has 0 saturated heterocycles. The molecule has 0 spiro atoms. The summed E-state index contributed by atoms with van der Waals surface area (Å²) >= 11 is 0. The molecule has 20 heavy (non-hydrogen) atoms. The van der Waals surface area contributed by atoms with Gasteiger partial charge in [0.25, 0.3) is 0 Å². The molecular formula is C14H16N4O2. The molecule has 0 aliphatic carbocycles. The Bertz CT molecular complexity index is 665. The van der Waals surface area contributed by atoms with E-state index >= 15 is 0 Å². The van der Waals surface area contributed by atoms with Crippen molar-refractivity contribution in [2.75, 3.05) is 11.4 Å². The van der Waals surface area contributed by atoms with E-state index in [0.29, 0.717) is 13.1 Å². The first kappa shape index (κ1) is 12.7. The topological polar surface area (TPSA) is 71.2 Å². The Morgan fingerprint density at radius 1 is 1.40 bits per heavy atom. The lowest BCUT2D eigenvalue weighted by molar-refractivity contribution is -0.138. The molecule has 1 aliphatic heterocycles. The maximum atomic E-state index is 11.4. The predicted molar refractivity (Wildman–Crippen MR) is 73.6 cm³/mol. The average Bonchev–Trinajstić information content (AvgIpc) is 2.95. The van der Waals surface area contributed by atoms with Crippen molar-refractivity contribution in [3.05, 3.63) is 41.5 Å². The fourth-order valence-electron chi connectivity index (χ4n) is 2.61. The van der Waals surface area contributed by atoms with E-state index in [2.05, 4.69) is 15.1 Å². The van der Waals surface area contributed by atoms with Crippen LogP contribution in [-0.2, 0) is 18.4 Å². The van der Waals surface area contributed by atoms with E-state index in [1.807, 2.05) is 42.8 Å². The molecule has 0 bridgehead atoms. The van der Waals surface area contributed by atoms with E-state index in [-0.39, 0.29) is 0 Å². The van der Waals surface area contributed by atoms with Crippen molar-refractivity contribution in [2.24, 2.45) is 7.05 Å². The number of aryl methyl sites for hydroxylation is 1. The van der Waals surface area contributed by atoms with Gasteiger partial charge in [0.1, 0.15) is 11.7 Å². The molecule has 1 aliphatic rings. The van der Waals surface area contributed by atoms with E-state index in [9.17, 15) is 9.90 Å². The van der Waals surface area contributed by atoms with Gasteiger partial charge in [-0.3, -0.25) is 4.79 Å². The second-order valence-corrected chi connectivity index (χ2v) is 5.05. The van der Waals surface area contributed by atoms with Crippen molar-refractivity contribution in [2.45, 2.75) is 19.4 Å². The van der Waals surface area contributed by atoms with Crippen LogP contribution in [-0.4, -0.2) is 32.4 Å². The summed E-state index contributed by atoms with van der Waals surface area (Å²) in [4.78, 5) is 13.4. The van der Waals surface area contributed by atoms with E-state index in [1.165, 1.54) is 0 Å². The quantitative estimate of drug-likeness (QED) is 0.912. The van der Waals surface area contributed by atoms with E-state index in [0.717, 1.165) is 22.9 Å². The number of para-hydroxylation sites is 1. The summed E-state index contributed by atoms with van der Waals surface area (Å²) in [5.74, 6) is 0.431. The molecule has 6 heteroatoms. The van der Waals surface area contributed by atoms with Gasteiger partial charge < -0.3 is 14.6 Å². The number of carboxylic acid groups (broad SMARTS) is 1. The normalized spacial score (nSPS) is 17.3. The highest BCUT2D eigenvalue weighted by atomic mass is 16.4. The summed E-state index contributed by atoms with van der Waals surface area (Å²) < 4.78 is 1.93. The Hall–Kier alpha value is -2.37. The Labute approximate surface area is 116 Å². The van der Waals surface area contributed by atoms with Gasteiger partial charge in [0.2, 0.25) is 0 Å². The molecule has 1 unspecified atom stereocenters. The number of carbonyl (C=O) groups is 1. The second kappa shape index (κ2) is 4.63. The molecule has 0 amide bonds. The summed E-state index contributed by atoms with van der Waals surface area (Å²) in [6.45, 7) is 2.94. The summed E-state index contributed by atoms with van der Waals surface area (Å²) in [6, 6.07) is 7.65. The number of aromatic nitrogens is 3. The molecule has 2 aromatic rings. The van der Waals surface area contributed by atoms with Crippen molar-refractivity contribution < 1.29 is 9.90 Å². The standard InChI is InChI=1S/C14H16N4O2/c1-9-15-16-13(17(9)2)8-18-7-11(14(19)20)10-5-3-4-6-12(10)18/h3-6,11H,7-8H2,1-2H3,(H,19,20). The first-order valence-electron chi connectivity index (χ1n) is 6.49. The van der Waals surface area contributed by atoms with Crippen LogP contribution in [0.5, 0.6) is 0 Å². The van der Waals surface area contributed by atoms with E-state index in [1.54, 1.807) is 0 Å². The number of nitrogens with zero attached hydrogens (tertiary/aromatic N) is 4. The molecule has 0 fully saturated rings. The number of rotatable bonds is 3. The van der Waals surface area contributed by atoms with E-state index in [4.69, 9.17) is 0 Å². The number of carboxylic acids is 1. The lowest BCUT2D eigenvalue weighted by Gasteiger charge is -2.18. The third-order valence-corrected chi connectivity index (χ3v) is 3.87. The monoisotopic (exact) mass is 272 g/mol. The highest BCUT2D eigenvalue weighted by Crippen LogP contribution is 2.36. The number of hydrogen-bond donors (Lipinski definition) is 1. The number of benzene rings is 1. The highest BCUT2D eigenvalue weighted by Gasteiger charge is 2.33. The van der Waals surface area contributed by atoms with Crippen LogP contribution < -0.4 is 4.90 Å². The number of anilines is 1. The van der Waals surface area contributed by atoms with Crippen LogP contribution >= 0.6 is 0 Å². The lowest BCUT2D eigenvalue weighted by atomic mass is 10.0. The number of hydrogen-bond acceptors (Lipinski definition) is 4. The van der Waals surface area contributed by atoms with Crippen LogP contribution in [0.1, 0.15) is 23.1 Å². The Morgan fingerprint density at radius 3 is 2.80 bits per heavy atom. The first-order valence-corrected chi connectivity index (χ1v) is 6.49. The molecular weight excluding hydrogens is 256 g/mol. The second-order valence-electron chi connectivity index (χ2n) is 5.05. The van der Waals surface area contributed by atoms with Crippen molar-refractivity contribution in [1.82, 2.24) is 14.8 Å². The molecule has 2 heterocycles. The molecule has 1 N–H and O–H groups in total. The summed E-state index contributed by atoms with van der Waals surface area (Å²) in [7, 11) is 1.92. The van der Waals surface area contributed by atoms with Gasteiger partial charge in [-0.25, -0.2) is 0 Å². The third-order valence-electron chi connectivity index (χ3n) is 3.87. The zero-order valence-corrected chi connectivity index (χ0v) is 11.4. The van der Waals surface area contributed by atoms with Gasteiger partial charge in [-0.2, -0.15) is 0 Å². The minimum Gasteiger partial charge on any atom is -0.481 e. The fraction of sp³-hybridized carbons (Fsp3) is 0.357. The zero-order valence-electron chi connectivity index (χ0n) is 11.4. The SMILES string of the molecule is Cc1nnc(CN2CC(C(=O)O)c3ccccc32)n1C.